The average molecular weight is 396 g/mol. The molecule has 150 valence electrons. The van der Waals surface area contributed by atoms with Gasteiger partial charge >= 0.3 is 0 Å². The molecule has 1 aromatic heterocycles. The van der Waals surface area contributed by atoms with Gasteiger partial charge in [-0.05, 0) is 30.3 Å². The highest BCUT2D eigenvalue weighted by Crippen LogP contribution is 2.20. The van der Waals surface area contributed by atoms with Crippen LogP contribution in [0.1, 0.15) is 5.56 Å². The molecule has 1 aliphatic heterocycles. The Labute approximate surface area is 167 Å². The number of ether oxygens (including phenoxy) is 1. The first-order valence-electron chi connectivity index (χ1n) is 9.42. The largest absolute Gasteiger partial charge is 0.484 e. The van der Waals surface area contributed by atoms with Crippen LogP contribution in [-0.4, -0.2) is 58.7 Å². The van der Waals surface area contributed by atoms with Crippen molar-refractivity contribution in [3.63, 3.8) is 0 Å². The Morgan fingerprint density at radius 1 is 1.07 bits per heavy atom. The summed E-state index contributed by atoms with van der Waals surface area (Å²) in [7, 11) is 0. The molecule has 8 heteroatoms. The van der Waals surface area contributed by atoms with Crippen LogP contribution in [0.5, 0.6) is 5.75 Å². The molecule has 0 N–H and O–H groups in total. The van der Waals surface area contributed by atoms with Crippen molar-refractivity contribution in [2.45, 2.75) is 6.54 Å². The minimum absolute atomic E-state index is 0.0206. The summed E-state index contributed by atoms with van der Waals surface area (Å²) >= 11 is 0. The van der Waals surface area contributed by atoms with E-state index >= 15 is 0 Å². The Balaban J connectivity index is 1.23. The van der Waals surface area contributed by atoms with Crippen molar-refractivity contribution >= 4 is 5.91 Å². The molecular formula is C21H21FN4O3. The lowest BCUT2D eigenvalue weighted by atomic mass is 10.2. The highest BCUT2D eigenvalue weighted by molar-refractivity contribution is 5.78. The van der Waals surface area contributed by atoms with E-state index in [1.165, 1.54) is 12.5 Å². The van der Waals surface area contributed by atoms with Crippen LogP contribution >= 0.6 is 0 Å². The van der Waals surface area contributed by atoms with Crippen LogP contribution in [0.3, 0.4) is 0 Å². The van der Waals surface area contributed by atoms with Crippen molar-refractivity contribution in [1.29, 1.82) is 0 Å². The molecule has 1 fully saturated rings. The maximum absolute atomic E-state index is 13.8. The standard InChI is InChI=1S/C21H21FN4O3/c22-19-4-2-1-3-17(19)13-25-9-11-26(12-10-25)20(27)14-28-18-7-5-16(6-8-18)21-24-23-15-29-21/h1-8,15H,9-14H2. The van der Waals surface area contributed by atoms with Crippen LogP contribution in [0.15, 0.2) is 59.3 Å². The quantitative estimate of drug-likeness (QED) is 0.638. The highest BCUT2D eigenvalue weighted by Gasteiger charge is 2.22. The van der Waals surface area contributed by atoms with Crippen molar-refractivity contribution in [2.24, 2.45) is 0 Å². The molecule has 4 rings (SSSR count). The Bertz CT molecular complexity index is 939. The van der Waals surface area contributed by atoms with Crippen molar-refractivity contribution in [1.82, 2.24) is 20.0 Å². The van der Waals surface area contributed by atoms with Crippen LogP contribution in [0, 0.1) is 5.82 Å². The van der Waals surface area contributed by atoms with Crippen molar-refractivity contribution in [3.8, 4) is 17.2 Å². The lowest BCUT2D eigenvalue weighted by molar-refractivity contribution is -0.135. The van der Waals surface area contributed by atoms with Crippen LogP contribution in [-0.2, 0) is 11.3 Å². The highest BCUT2D eigenvalue weighted by atomic mass is 19.1. The number of benzene rings is 2. The van der Waals surface area contributed by atoms with Gasteiger partial charge in [0.05, 0.1) is 0 Å². The van der Waals surface area contributed by atoms with E-state index in [2.05, 4.69) is 15.1 Å². The maximum Gasteiger partial charge on any atom is 0.260 e. The fourth-order valence-electron chi connectivity index (χ4n) is 3.25. The van der Waals surface area contributed by atoms with E-state index in [1.807, 2.05) is 6.07 Å². The molecule has 1 aliphatic rings. The number of halogens is 1. The van der Waals surface area contributed by atoms with Gasteiger partial charge in [-0.3, -0.25) is 9.69 Å². The lowest BCUT2D eigenvalue weighted by Gasteiger charge is -2.34. The molecule has 0 unspecified atom stereocenters. The van der Waals surface area contributed by atoms with Gasteiger partial charge in [0.15, 0.2) is 6.61 Å². The second-order valence-corrected chi connectivity index (χ2v) is 6.81. The number of hydrogen-bond acceptors (Lipinski definition) is 6. The molecule has 1 amide bonds. The van der Waals surface area contributed by atoms with Gasteiger partial charge in [-0.25, -0.2) is 4.39 Å². The summed E-state index contributed by atoms with van der Waals surface area (Å²) in [5.74, 6) is 0.779. The summed E-state index contributed by atoms with van der Waals surface area (Å²) in [4.78, 5) is 16.4. The van der Waals surface area contributed by atoms with Gasteiger partial charge in [-0.1, -0.05) is 18.2 Å². The van der Waals surface area contributed by atoms with Gasteiger partial charge < -0.3 is 14.1 Å². The summed E-state index contributed by atoms with van der Waals surface area (Å²) in [6, 6.07) is 13.9. The second-order valence-electron chi connectivity index (χ2n) is 6.81. The van der Waals surface area contributed by atoms with E-state index in [0.29, 0.717) is 49.9 Å². The minimum atomic E-state index is -0.190. The van der Waals surface area contributed by atoms with Gasteiger partial charge in [0.1, 0.15) is 11.6 Å². The predicted molar refractivity (Wildman–Crippen MR) is 103 cm³/mol. The summed E-state index contributed by atoms with van der Waals surface area (Å²) in [5.41, 5.74) is 1.46. The third kappa shape index (κ3) is 4.78. The number of hydrogen-bond donors (Lipinski definition) is 0. The first kappa shape index (κ1) is 19.1. The van der Waals surface area contributed by atoms with Crippen molar-refractivity contribution in [2.75, 3.05) is 32.8 Å². The lowest BCUT2D eigenvalue weighted by Crippen LogP contribution is -2.49. The van der Waals surface area contributed by atoms with E-state index in [-0.39, 0.29) is 18.3 Å². The van der Waals surface area contributed by atoms with E-state index in [4.69, 9.17) is 9.15 Å². The zero-order valence-corrected chi connectivity index (χ0v) is 15.8. The number of carbonyl (C=O) groups excluding carboxylic acids is 1. The molecule has 29 heavy (non-hydrogen) atoms. The number of carbonyl (C=O) groups is 1. The first-order chi connectivity index (χ1) is 14.2. The zero-order chi connectivity index (χ0) is 20.1. The summed E-state index contributed by atoms with van der Waals surface area (Å²) in [6.07, 6.45) is 1.27. The molecule has 0 saturated carbocycles. The molecule has 0 atom stereocenters. The Hall–Kier alpha value is -3.26. The molecule has 0 bridgehead atoms. The molecule has 0 radical (unpaired) electrons. The van der Waals surface area contributed by atoms with Gasteiger partial charge in [0.25, 0.3) is 5.91 Å². The molecule has 2 heterocycles. The third-order valence-electron chi connectivity index (χ3n) is 4.90. The van der Waals surface area contributed by atoms with Crippen LogP contribution in [0.2, 0.25) is 0 Å². The number of piperazine rings is 1. The minimum Gasteiger partial charge on any atom is -0.484 e. The van der Waals surface area contributed by atoms with E-state index < -0.39 is 0 Å². The number of rotatable bonds is 6. The fourth-order valence-corrected chi connectivity index (χ4v) is 3.25. The normalized spacial score (nSPS) is 14.7. The number of amides is 1. The Kier molecular flexibility index (Phi) is 5.81. The predicted octanol–water partition coefficient (Wildman–Crippen LogP) is 2.60. The maximum atomic E-state index is 13.8. The van der Waals surface area contributed by atoms with Gasteiger partial charge in [0.2, 0.25) is 12.3 Å². The molecule has 1 saturated heterocycles. The summed E-state index contributed by atoms with van der Waals surface area (Å²) in [5, 5.41) is 7.49. The number of nitrogens with zero attached hydrogens (tertiary/aromatic N) is 4. The van der Waals surface area contributed by atoms with Crippen LogP contribution in [0.4, 0.5) is 4.39 Å². The molecule has 3 aromatic rings. The van der Waals surface area contributed by atoms with E-state index in [9.17, 15) is 9.18 Å². The van der Waals surface area contributed by atoms with Crippen LogP contribution in [0.25, 0.3) is 11.5 Å². The molecule has 2 aromatic carbocycles. The Morgan fingerprint density at radius 2 is 1.83 bits per heavy atom. The first-order valence-corrected chi connectivity index (χ1v) is 9.42. The molecule has 0 aliphatic carbocycles. The molecule has 0 spiro atoms. The fraction of sp³-hybridized carbons (Fsp3) is 0.286. The smallest absolute Gasteiger partial charge is 0.260 e. The second kappa shape index (κ2) is 8.83. The Morgan fingerprint density at radius 3 is 2.52 bits per heavy atom. The van der Waals surface area contributed by atoms with Crippen molar-refractivity contribution in [3.05, 3.63) is 66.3 Å². The SMILES string of the molecule is O=C(COc1ccc(-c2nnco2)cc1)N1CCN(Cc2ccccc2F)CC1. The molecular weight excluding hydrogens is 375 g/mol. The van der Waals surface area contributed by atoms with E-state index in [0.717, 1.165) is 5.56 Å². The average Bonchev–Trinajstić information content (AvgIpc) is 3.29. The van der Waals surface area contributed by atoms with Gasteiger partial charge in [-0.15, -0.1) is 10.2 Å². The topological polar surface area (TPSA) is 71.7 Å². The number of aromatic nitrogens is 2. The van der Waals surface area contributed by atoms with E-state index in [1.54, 1.807) is 41.3 Å². The van der Waals surface area contributed by atoms with Gasteiger partial charge in [0, 0.05) is 43.9 Å². The molecule has 7 nitrogen and oxygen atoms in total. The third-order valence-corrected chi connectivity index (χ3v) is 4.90. The van der Waals surface area contributed by atoms with Crippen LogP contribution < -0.4 is 4.74 Å². The summed E-state index contributed by atoms with van der Waals surface area (Å²) in [6.45, 7) is 3.15. The van der Waals surface area contributed by atoms with Gasteiger partial charge in [-0.2, -0.15) is 0 Å². The zero-order valence-electron chi connectivity index (χ0n) is 15.8. The monoisotopic (exact) mass is 396 g/mol. The summed E-state index contributed by atoms with van der Waals surface area (Å²) < 4.78 is 24.5. The van der Waals surface area contributed by atoms with Crippen molar-refractivity contribution < 1.29 is 18.3 Å².